The molecule has 0 saturated carbocycles. The zero-order chi connectivity index (χ0) is 20.1. The Kier molecular flexibility index (Phi) is 4.18. The standard InChI is InChI=1S/C19H13Cl2N5O3/c1-8-6-22-15-13-9-2-5-12(29-19-14(20)17(21)23-7-24-19)26-10(9)3-4-11(13)28-16(15)18(27)25-8/h2-5,7-8,22H,6H2,1H3,(H,25,27)/t8-/m1/s1. The number of hydrogen-bond donors (Lipinski definition) is 2. The summed E-state index contributed by atoms with van der Waals surface area (Å²) in [4.78, 5) is 24.7. The van der Waals surface area contributed by atoms with Gasteiger partial charge < -0.3 is 19.8 Å². The number of benzene rings is 1. The van der Waals surface area contributed by atoms with Crippen molar-refractivity contribution in [3.8, 4) is 11.8 Å². The Morgan fingerprint density at radius 3 is 2.93 bits per heavy atom. The lowest BCUT2D eigenvalue weighted by Crippen LogP contribution is -2.34. The van der Waals surface area contributed by atoms with Crippen molar-refractivity contribution < 1.29 is 13.9 Å². The van der Waals surface area contributed by atoms with Crippen LogP contribution >= 0.6 is 23.2 Å². The van der Waals surface area contributed by atoms with Gasteiger partial charge in [0.1, 0.15) is 16.9 Å². The molecule has 2 N–H and O–H groups in total. The van der Waals surface area contributed by atoms with Crippen molar-refractivity contribution in [2.45, 2.75) is 13.0 Å². The summed E-state index contributed by atoms with van der Waals surface area (Å²) in [5.74, 6) is 0.427. The quantitative estimate of drug-likeness (QED) is 0.454. The Bertz CT molecular complexity index is 1290. The first-order valence-corrected chi connectivity index (χ1v) is 9.51. The second-order valence-corrected chi connectivity index (χ2v) is 7.34. The molecule has 0 spiro atoms. The SMILES string of the molecule is C[C@@H]1CNc2c(oc3ccc4nc(Oc5ncnc(Cl)c5Cl)ccc4c23)C(=O)N1. The van der Waals surface area contributed by atoms with Gasteiger partial charge >= 0.3 is 0 Å². The molecule has 0 bridgehead atoms. The van der Waals surface area contributed by atoms with Crippen molar-refractivity contribution in [1.29, 1.82) is 0 Å². The summed E-state index contributed by atoms with van der Waals surface area (Å²) in [7, 11) is 0. The molecule has 5 rings (SSSR count). The van der Waals surface area contributed by atoms with E-state index in [1.807, 2.05) is 13.0 Å². The monoisotopic (exact) mass is 429 g/mol. The highest BCUT2D eigenvalue weighted by Crippen LogP contribution is 2.38. The van der Waals surface area contributed by atoms with E-state index >= 15 is 0 Å². The summed E-state index contributed by atoms with van der Waals surface area (Å²) in [5, 5.41) is 8.01. The van der Waals surface area contributed by atoms with Crippen LogP contribution in [0.15, 0.2) is 35.0 Å². The van der Waals surface area contributed by atoms with Crippen LogP contribution in [0.2, 0.25) is 10.2 Å². The summed E-state index contributed by atoms with van der Waals surface area (Å²) in [6, 6.07) is 7.09. The smallest absolute Gasteiger partial charge is 0.289 e. The normalized spacial score (nSPS) is 16.2. The highest BCUT2D eigenvalue weighted by atomic mass is 35.5. The van der Waals surface area contributed by atoms with E-state index in [2.05, 4.69) is 25.6 Å². The van der Waals surface area contributed by atoms with Gasteiger partial charge in [0.05, 0.1) is 16.6 Å². The van der Waals surface area contributed by atoms with Gasteiger partial charge in [0.2, 0.25) is 17.5 Å². The highest BCUT2D eigenvalue weighted by Gasteiger charge is 2.26. The van der Waals surface area contributed by atoms with Gasteiger partial charge in [0.15, 0.2) is 5.15 Å². The first-order chi connectivity index (χ1) is 14.0. The van der Waals surface area contributed by atoms with Crippen LogP contribution < -0.4 is 15.4 Å². The first-order valence-electron chi connectivity index (χ1n) is 8.76. The van der Waals surface area contributed by atoms with Gasteiger partial charge in [-0.3, -0.25) is 4.79 Å². The number of fused-ring (bicyclic) bond motifs is 5. The zero-order valence-electron chi connectivity index (χ0n) is 15.0. The van der Waals surface area contributed by atoms with Gasteiger partial charge in [-0.1, -0.05) is 23.2 Å². The Balaban J connectivity index is 1.62. The van der Waals surface area contributed by atoms with Crippen molar-refractivity contribution in [2.75, 3.05) is 11.9 Å². The Morgan fingerprint density at radius 1 is 1.21 bits per heavy atom. The van der Waals surface area contributed by atoms with Crippen LogP contribution in [-0.4, -0.2) is 33.4 Å². The lowest BCUT2D eigenvalue weighted by Gasteiger charge is -2.10. The molecule has 1 aliphatic rings. The van der Waals surface area contributed by atoms with Gasteiger partial charge in [-0.2, -0.15) is 4.98 Å². The summed E-state index contributed by atoms with van der Waals surface area (Å²) in [5.41, 5.74) is 1.92. The number of ether oxygens (including phenoxy) is 1. The Labute approximate surface area is 174 Å². The molecule has 0 fully saturated rings. The number of nitrogens with one attached hydrogen (secondary N) is 2. The van der Waals surface area contributed by atoms with Crippen LogP contribution in [-0.2, 0) is 0 Å². The molecule has 3 aromatic heterocycles. The van der Waals surface area contributed by atoms with Gasteiger partial charge in [-0.15, -0.1) is 0 Å². The molecular weight excluding hydrogens is 417 g/mol. The molecule has 4 heterocycles. The van der Waals surface area contributed by atoms with Crippen LogP contribution in [0.3, 0.4) is 0 Å². The van der Waals surface area contributed by atoms with E-state index in [0.29, 0.717) is 29.2 Å². The van der Waals surface area contributed by atoms with E-state index < -0.39 is 0 Å². The van der Waals surface area contributed by atoms with Crippen molar-refractivity contribution in [3.63, 3.8) is 0 Å². The van der Waals surface area contributed by atoms with Gasteiger partial charge in [0.25, 0.3) is 5.91 Å². The van der Waals surface area contributed by atoms with E-state index in [1.165, 1.54) is 6.33 Å². The number of amides is 1. The topological polar surface area (TPSA) is 102 Å². The van der Waals surface area contributed by atoms with Crippen LogP contribution in [0.25, 0.3) is 21.9 Å². The molecule has 0 aliphatic carbocycles. The minimum absolute atomic E-state index is 0.0160. The molecule has 0 radical (unpaired) electrons. The summed E-state index contributed by atoms with van der Waals surface area (Å²) in [6.45, 7) is 2.51. The summed E-state index contributed by atoms with van der Waals surface area (Å²) < 4.78 is 11.5. The van der Waals surface area contributed by atoms with Crippen LogP contribution in [0, 0.1) is 0 Å². The second-order valence-electron chi connectivity index (χ2n) is 6.60. The second kappa shape index (κ2) is 6.75. The summed E-state index contributed by atoms with van der Waals surface area (Å²) in [6.07, 6.45) is 1.26. The van der Waals surface area contributed by atoms with Crippen LogP contribution in [0.5, 0.6) is 11.8 Å². The van der Waals surface area contributed by atoms with Crippen LogP contribution in [0.4, 0.5) is 5.69 Å². The average molecular weight is 430 g/mol. The highest BCUT2D eigenvalue weighted by molar-refractivity contribution is 6.42. The summed E-state index contributed by atoms with van der Waals surface area (Å²) >= 11 is 12.0. The predicted octanol–water partition coefficient (Wildman–Crippen LogP) is 4.41. The van der Waals surface area contributed by atoms with E-state index in [1.54, 1.807) is 18.2 Å². The molecule has 1 atom stereocenters. The van der Waals surface area contributed by atoms with Gasteiger partial charge in [0, 0.05) is 24.0 Å². The number of anilines is 1. The molecule has 4 aromatic rings. The van der Waals surface area contributed by atoms with Gasteiger partial charge in [-0.25, -0.2) is 9.97 Å². The third-order valence-corrected chi connectivity index (χ3v) is 5.31. The lowest BCUT2D eigenvalue weighted by atomic mass is 10.1. The maximum atomic E-state index is 12.4. The fourth-order valence-corrected chi connectivity index (χ4v) is 3.53. The largest absolute Gasteiger partial charge is 0.449 e. The number of furan rings is 1. The molecule has 29 heavy (non-hydrogen) atoms. The fraction of sp³-hybridized carbons (Fsp3) is 0.158. The first kappa shape index (κ1) is 18.0. The molecule has 0 unspecified atom stereocenters. The Hall–Kier alpha value is -3.10. The van der Waals surface area contributed by atoms with Crippen molar-refractivity contribution in [2.24, 2.45) is 0 Å². The molecule has 1 aliphatic heterocycles. The number of carbonyl (C=O) groups is 1. The van der Waals surface area contributed by atoms with E-state index in [-0.39, 0.29) is 33.8 Å². The molecule has 146 valence electrons. The van der Waals surface area contributed by atoms with Crippen molar-refractivity contribution >= 4 is 56.7 Å². The van der Waals surface area contributed by atoms with Gasteiger partial charge in [-0.05, 0) is 25.1 Å². The maximum absolute atomic E-state index is 12.4. The van der Waals surface area contributed by atoms with E-state index in [0.717, 1.165) is 10.8 Å². The molecule has 10 heteroatoms. The minimum Gasteiger partial charge on any atom is -0.449 e. The zero-order valence-corrected chi connectivity index (χ0v) is 16.5. The maximum Gasteiger partial charge on any atom is 0.289 e. The third kappa shape index (κ3) is 3.01. The number of pyridine rings is 1. The third-order valence-electron chi connectivity index (χ3n) is 4.58. The number of hydrogen-bond acceptors (Lipinski definition) is 7. The minimum atomic E-state index is -0.245. The number of aromatic nitrogens is 3. The molecular formula is C19H13Cl2N5O3. The Morgan fingerprint density at radius 2 is 2.07 bits per heavy atom. The van der Waals surface area contributed by atoms with Crippen molar-refractivity contribution in [3.05, 3.63) is 46.5 Å². The average Bonchev–Trinajstić information content (AvgIpc) is 3.02. The number of nitrogens with zero attached hydrogens (tertiary/aromatic N) is 3. The lowest BCUT2D eigenvalue weighted by molar-refractivity contribution is 0.0920. The molecule has 1 aromatic carbocycles. The predicted molar refractivity (Wildman–Crippen MR) is 109 cm³/mol. The van der Waals surface area contributed by atoms with Crippen LogP contribution in [0.1, 0.15) is 17.5 Å². The molecule has 1 amide bonds. The van der Waals surface area contributed by atoms with E-state index in [9.17, 15) is 4.79 Å². The fourth-order valence-electron chi connectivity index (χ4n) is 3.27. The number of carbonyl (C=O) groups excluding carboxylic acids is 1. The number of rotatable bonds is 2. The molecule has 0 saturated heterocycles. The number of halogens is 2. The van der Waals surface area contributed by atoms with E-state index in [4.69, 9.17) is 32.4 Å². The van der Waals surface area contributed by atoms with Crippen molar-refractivity contribution in [1.82, 2.24) is 20.3 Å². The molecule has 8 nitrogen and oxygen atoms in total.